The number of hydrogen-bond donors (Lipinski definition) is 0. The fourth-order valence-corrected chi connectivity index (χ4v) is 5.15. The minimum atomic E-state index is -4.80. The molecule has 0 bridgehead atoms. The monoisotopic (exact) mass is 555 g/mol. The summed E-state index contributed by atoms with van der Waals surface area (Å²) in [7, 11) is 0. The number of carbonyl (C=O) groups excluding carboxylic acids is 2. The second-order valence-corrected chi connectivity index (χ2v) is 10.3. The molecule has 2 aliphatic heterocycles. The SMILES string of the molecule is Cc1ccccc1CC(=O)N1CCN(c2ccc(CC(=O)c3oc(N4CCCCC4)nc3C(F)(F)F)cn2)CC1. The number of pyridine rings is 1. The van der Waals surface area contributed by atoms with E-state index in [-0.39, 0.29) is 18.3 Å². The van der Waals surface area contributed by atoms with E-state index in [1.165, 1.54) is 6.20 Å². The van der Waals surface area contributed by atoms with Crippen LogP contribution in [0.1, 0.15) is 52.2 Å². The van der Waals surface area contributed by atoms with E-state index in [0.29, 0.717) is 57.1 Å². The quantitative estimate of drug-likeness (QED) is 0.391. The zero-order chi connectivity index (χ0) is 28.3. The lowest BCUT2D eigenvalue weighted by molar-refractivity contribution is -0.141. The van der Waals surface area contributed by atoms with Gasteiger partial charge in [-0.2, -0.15) is 18.2 Å². The number of benzene rings is 1. The number of anilines is 2. The molecule has 4 heterocycles. The molecule has 1 aromatic carbocycles. The van der Waals surface area contributed by atoms with Gasteiger partial charge in [-0.1, -0.05) is 30.3 Å². The second kappa shape index (κ2) is 11.7. The maximum absolute atomic E-state index is 13.7. The highest BCUT2D eigenvalue weighted by Gasteiger charge is 2.41. The number of piperidine rings is 1. The lowest BCUT2D eigenvalue weighted by Crippen LogP contribution is -2.49. The summed E-state index contributed by atoms with van der Waals surface area (Å²) in [6, 6.07) is 11.1. The molecule has 0 saturated carbocycles. The Hall–Kier alpha value is -3.89. The Morgan fingerprint density at radius 2 is 1.62 bits per heavy atom. The fourth-order valence-electron chi connectivity index (χ4n) is 5.15. The van der Waals surface area contributed by atoms with Crippen LogP contribution in [0.3, 0.4) is 0 Å². The first kappa shape index (κ1) is 27.7. The molecule has 2 aliphatic rings. The van der Waals surface area contributed by atoms with Gasteiger partial charge in [-0.15, -0.1) is 0 Å². The summed E-state index contributed by atoms with van der Waals surface area (Å²) in [5.41, 5.74) is 1.32. The molecule has 0 radical (unpaired) electrons. The number of aryl methyl sites for hydroxylation is 1. The van der Waals surface area contributed by atoms with Crippen LogP contribution >= 0.6 is 0 Å². The Balaban J connectivity index is 1.19. The summed E-state index contributed by atoms with van der Waals surface area (Å²) >= 11 is 0. The smallest absolute Gasteiger partial charge is 0.420 e. The molecule has 11 heteroatoms. The Labute approximate surface area is 230 Å². The standard InChI is InChI=1S/C29H32F3N5O3/c1-20-7-3-4-8-22(20)18-25(39)36-15-13-35(14-16-36)24-10-9-21(19-33-24)17-23(38)26-27(29(30,31)32)34-28(40-26)37-11-5-2-6-12-37/h3-4,7-10,19H,2,5-6,11-18H2,1H3. The number of oxazole rings is 1. The van der Waals surface area contributed by atoms with Crippen molar-refractivity contribution in [3.05, 3.63) is 70.7 Å². The number of hydrogen-bond acceptors (Lipinski definition) is 7. The number of nitrogens with zero attached hydrogens (tertiary/aromatic N) is 5. The van der Waals surface area contributed by atoms with Crippen LogP contribution in [0.5, 0.6) is 0 Å². The van der Waals surface area contributed by atoms with Gasteiger partial charge >= 0.3 is 6.18 Å². The Kier molecular flexibility index (Phi) is 8.09. The van der Waals surface area contributed by atoms with E-state index in [0.717, 1.165) is 30.4 Å². The number of halogens is 3. The van der Waals surface area contributed by atoms with Crippen molar-refractivity contribution in [2.24, 2.45) is 0 Å². The summed E-state index contributed by atoms with van der Waals surface area (Å²) in [6.07, 6.45) is -0.541. The maximum atomic E-state index is 13.7. The van der Waals surface area contributed by atoms with Crippen molar-refractivity contribution in [3.8, 4) is 0 Å². The molecular formula is C29H32F3N5O3. The van der Waals surface area contributed by atoms with Crippen LogP contribution in [0.4, 0.5) is 25.0 Å². The van der Waals surface area contributed by atoms with Gasteiger partial charge in [0, 0.05) is 51.9 Å². The molecule has 2 saturated heterocycles. The molecule has 212 valence electrons. The van der Waals surface area contributed by atoms with E-state index in [2.05, 4.69) is 9.97 Å². The van der Waals surface area contributed by atoms with Gasteiger partial charge in [0.15, 0.2) is 5.69 Å². The number of Topliss-reactive ketones (excluding diaryl/α,β-unsaturated/α-hetero) is 1. The van der Waals surface area contributed by atoms with Gasteiger partial charge in [-0.05, 0) is 48.9 Å². The molecule has 2 aromatic heterocycles. The van der Waals surface area contributed by atoms with Crippen molar-refractivity contribution in [1.29, 1.82) is 0 Å². The molecule has 1 amide bonds. The van der Waals surface area contributed by atoms with Gasteiger partial charge < -0.3 is 19.1 Å². The van der Waals surface area contributed by atoms with Crippen molar-refractivity contribution in [2.45, 2.75) is 45.2 Å². The van der Waals surface area contributed by atoms with Crippen LogP contribution in [-0.4, -0.2) is 65.8 Å². The van der Waals surface area contributed by atoms with Crippen molar-refractivity contribution in [2.75, 3.05) is 49.1 Å². The third-order valence-electron chi connectivity index (χ3n) is 7.50. The molecule has 0 aliphatic carbocycles. The normalized spacial score (nSPS) is 16.4. The summed E-state index contributed by atoms with van der Waals surface area (Å²) < 4.78 is 46.4. The van der Waals surface area contributed by atoms with Crippen molar-refractivity contribution >= 4 is 23.5 Å². The number of piperazine rings is 1. The summed E-state index contributed by atoms with van der Waals surface area (Å²) in [5.74, 6) is -0.780. The van der Waals surface area contributed by atoms with E-state index in [1.54, 1.807) is 17.0 Å². The van der Waals surface area contributed by atoms with E-state index in [1.807, 2.05) is 41.0 Å². The number of ketones is 1. The van der Waals surface area contributed by atoms with E-state index >= 15 is 0 Å². The third-order valence-corrected chi connectivity index (χ3v) is 7.50. The first-order valence-electron chi connectivity index (χ1n) is 13.6. The van der Waals surface area contributed by atoms with Crippen LogP contribution in [0.15, 0.2) is 47.0 Å². The van der Waals surface area contributed by atoms with Gasteiger partial charge in [0.25, 0.3) is 6.01 Å². The van der Waals surface area contributed by atoms with Crippen molar-refractivity contribution < 1.29 is 27.2 Å². The summed E-state index contributed by atoms with van der Waals surface area (Å²) in [5, 5.41) is 0. The lowest BCUT2D eigenvalue weighted by Gasteiger charge is -2.35. The maximum Gasteiger partial charge on any atom is 0.437 e. The second-order valence-electron chi connectivity index (χ2n) is 10.3. The molecule has 0 unspecified atom stereocenters. The topological polar surface area (TPSA) is 82.8 Å². The van der Waals surface area contributed by atoms with E-state index in [9.17, 15) is 22.8 Å². The lowest BCUT2D eigenvalue weighted by atomic mass is 10.1. The van der Waals surface area contributed by atoms with Crippen LogP contribution in [0.2, 0.25) is 0 Å². The van der Waals surface area contributed by atoms with E-state index < -0.39 is 23.4 Å². The van der Waals surface area contributed by atoms with Gasteiger partial charge in [-0.25, -0.2) is 4.98 Å². The van der Waals surface area contributed by atoms with Crippen LogP contribution in [0.25, 0.3) is 0 Å². The number of aromatic nitrogens is 2. The largest absolute Gasteiger partial charge is 0.437 e. The fraction of sp³-hybridized carbons (Fsp3) is 0.448. The molecule has 0 N–H and O–H groups in total. The Morgan fingerprint density at radius 3 is 2.27 bits per heavy atom. The zero-order valence-electron chi connectivity index (χ0n) is 22.4. The van der Waals surface area contributed by atoms with Gasteiger partial charge in [0.05, 0.1) is 6.42 Å². The predicted octanol–water partition coefficient (Wildman–Crippen LogP) is 4.70. The van der Waals surface area contributed by atoms with Gasteiger partial charge in [0.1, 0.15) is 5.82 Å². The summed E-state index contributed by atoms with van der Waals surface area (Å²) in [6.45, 7) is 5.44. The zero-order valence-corrected chi connectivity index (χ0v) is 22.4. The first-order chi connectivity index (χ1) is 19.2. The Morgan fingerprint density at radius 1 is 0.900 bits per heavy atom. The van der Waals surface area contributed by atoms with Crippen molar-refractivity contribution in [3.63, 3.8) is 0 Å². The highest BCUT2D eigenvalue weighted by molar-refractivity contribution is 5.96. The highest BCUT2D eigenvalue weighted by atomic mass is 19.4. The first-order valence-corrected chi connectivity index (χ1v) is 13.6. The molecule has 3 aromatic rings. The molecule has 5 rings (SSSR count). The average Bonchev–Trinajstić information content (AvgIpc) is 3.42. The van der Waals surface area contributed by atoms with Crippen LogP contribution in [-0.2, 0) is 23.8 Å². The molecule has 40 heavy (non-hydrogen) atoms. The van der Waals surface area contributed by atoms with Crippen molar-refractivity contribution in [1.82, 2.24) is 14.9 Å². The van der Waals surface area contributed by atoms with Gasteiger partial charge in [-0.3, -0.25) is 9.59 Å². The van der Waals surface area contributed by atoms with Crippen LogP contribution < -0.4 is 9.80 Å². The third kappa shape index (κ3) is 6.29. The summed E-state index contributed by atoms with van der Waals surface area (Å²) in [4.78, 5) is 39.3. The van der Waals surface area contributed by atoms with E-state index in [4.69, 9.17) is 4.42 Å². The van der Waals surface area contributed by atoms with Gasteiger partial charge in [0.2, 0.25) is 17.5 Å². The molecule has 8 nitrogen and oxygen atoms in total. The Bertz CT molecular complexity index is 1340. The molecule has 0 spiro atoms. The molecule has 0 atom stereocenters. The molecule has 2 fully saturated rings. The minimum absolute atomic E-state index is 0.0878. The number of rotatable bonds is 7. The molecular weight excluding hydrogens is 523 g/mol. The number of alkyl halides is 3. The minimum Gasteiger partial charge on any atom is -0.420 e. The predicted molar refractivity (Wildman–Crippen MR) is 144 cm³/mol. The average molecular weight is 556 g/mol. The van der Waals surface area contributed by atoms with Crippen LogP contribution in [0, 0.1) is 6.92 Å². The number of amides is 1. The number of carbonyl (C=O) groups is 2. The highest BCUT2D eigenvalue weighted by Crippen LogP contribution is 2.35.